The normalized spacial score (nSPS) is 13.3. The van der Waals surface area contributed by atoms with Crippen molar-refractivity contribution in [2.45, 2.75) is 199 Å². The fourth-order valence-electron chi connectivity index (χ4n) is 6.29. The zero-order valence-electron chi connectivity index (χ0n) is 35.6. The molecule has 0 heterocycles. The molecule has 0 aromatic carbocycles. The molecular weight excluding hydrogens is 679 g/mol. The van der Waals surface area contributed by atoms with Gasteiger partial charge in [-0.15, -0.1) is 0 Å². The summed E-state index contributed by atoms with van der Waals surface area (Å²) in [7, 11) is 5.38. The Morgan fingerprint density at radius 2 is 1.02 bits per heavy atom. The number of esters is 2. The number of carboxylic acid groups (broad SMARTS) is 1. The number of rotatable bonds is 39. The van der Waals surface area contributed by atoms with E-state index in [2.05, 4.69) is 44.2 Å². The first kappa shape index (κ1) is 51.5. The van der Waals surface area contributed by atoms with Crippen LogP contribution in [0.3, 0.4) is 0 Å². The highest BCUT2D eigenvalue weighted by Crippen LogP contribution is 2.13. The van der Waals surface area contributed by atoms with Crippen LogP contribution in [0.2, 0.25) is 0 Å². The predicted molar refractivity (Wildman–Crippen MR) is 222 cm³/mol. The van der Waals surface area contributed by atoms with Crippen LogP contribution in [-0.2, 0) is 28.6 Å². The molecule has 0 aliphatic heterocycles. The van der Waals surface area contributed by atoms with Crippen LogP contribution in [0.5, 0.6) is 0 Å². The van der Waals surface area contributed by atoms with Gasteiger partial charge in [0.2, 0.25) is 0 Å². The average molecular weight is 762 g/mol. The van der Waals surface area contributed by atoms with Crippen LogP contribution in [-0.4, -0.2) is 75.5 Å². The number of carbonyl (C=O) groups is 3. The van der Waals surface area contributed by atoms with E-state index in [1.54, 1.807) is 21.1 Å². The van der Waals surface area contributed by atoms with Crippen LogP contribution in [0.4, 0.5) is 0 Å². The summed E-state index contributed by atoms with van der Waals surface area (Å²) >= 11 is 0. The number of unbranched alkanes of at least 4 members (excludes halogenated alkanes) is 19. The molecule has 0 radical (unpaired) electrons. The maximum atomic E-state index is 12.7. The van der Waals surface area contributed by atoms with Crippen molar-refractivity contribution >= 4 is 17.9 Å². The first-order valence-electron chi connectivity index (χ1n) is 22.0. The van der Waals surface area contributed by atoms with Crippen molar-refractivity contribution in [1.82, 2.24) is 0 Å². The number of carbonyl (C=O) groups excluding carboxylic acids is 3. The third-order valence-electron chi connectivity index (χ3n) is 9.76. The Balaban J connectivity index is 4.20. The number of nitrogens with zero attached hydrogens (tertiary/aromatic N) is 1. The molecular formula is C46H83NO7. The average Bonchev–Trinajstić information content (AvgIpc) is 3.12. The highest BCUT2D eigenvalue weighted by atomic mass is 16.6. The molecule has 2 unspecified atom stereocenters. The maximum absolute atomic E-state index is 12.7. The molecule has 0 amide bonds. The summed E-state index contributed by atoms with van der Waals surface area (Å²) < 4.78 is 17.0. The summed E-state index contributed by atoms with van der Waals surface area (Å²) in [4.78, 5) is 36.6. The molecule has 0 N–H and O–H groups in total. The summed E-state index contributed by atoms with van der Waals surface area (Å²) in [5.41, 5.74) is 0. The lowest BCUT2D eigenvalue weighted by Crippen LogP contribution is -2.55. The lowest BCUT2D eigenvalue weighted by atomic mass is 10.1. The number of allylic oxidation sites excluding steroid dienone is 6. The third-order valence-corrected chi connectivity index (χ3v) is 9.76. The van der Waals surface area contributed by atoms with Crippen molar-refractivity contribution in [2.75, 3.05) is 41.0 Å². The van der Waals surface area contributed by atoms with Crippen molar-refractivity contribution in [3.8, 4) is 0 Å². The highest BCUT2D eigenvalue weighted by Gasteiger charge is 2.25. The number of ether oxygens (including phenoxy) is 3. The van der Waals surface area contributed by atoms with Gasteiger partial charge < -0.3 is 28.6 Å². The van der Waals surface area contributed by atoms with Gasteiger partial charge in [-0.25, -0.2) is 0 Å². The van der Waals surface area contributed by atoms with Crippen LogP contribution < -0.4 is 5.11 Å². The molecule has 0 spiro atoms. The van der Waals surface area contributed by atoms with E-state index in [0.717, 1.165) is 44.9 Å². The second-order valence-electron chi connectivity index (χ2n) is 15.9. The molecule has 0 aromatic rings. The molecule has 0 aliphatic rings. The monoisotopic (exact) mass is 762 g/mol. The highest BCUT2D eigenvalue weighted by molar-refractivity contribution is 5.70. The summed E-state index contributed by atoms with van der Waals surface area (Å²) in [6.45, 7) is 4.54. The number of quaternary nitrogens is 1. The first-order valence-corrected chi connectivity index (χ1v) is 22.0. The van der Waals surface area contributed by atoms with E-state index < -0.39 is 18.1 Å². The van der Waals surface area contributed by atoms with Gasteiger partial charge in [0.15, 0.2) is 6.10 Å². The van der Waals surface area contributed by atoms with Gasteiger partial charge in [-0.2, -0.15) is 0 Å². The van der Waals surface area contributed by atoms with Crippen molar-refractivity contribution in [3.63, 3.8) is 0 Å². The van der Waals surface area contributed by atoms with Crippen molar-refractivity contribution in [1.29, 1.82) is 0 Å². The van der Waals surface area contributed by atoms with Gasteiger partial charge in [-0.1, -0.05) is 147 Å². The lowest BCUT2D eigenvalue weighted by Gasteiger charge is -2.34. The molecule has 8 heteroatoms. The quantitative estimate of drug-likeness (QED) is 0.0266. The van der Waals surface area contributed by atoms with Crippen LogP contribution in [0, 0.1) is 0 Å². The molecule has 0 fully saturated rings. The standard InChI is InChI=1S/C46H83NO7/c1-6-8-10-12-14-15-16-17-18-19-20-21-22-23-24-25-26-27-28-29-31-33-35-37-45(49)54-42(40-52-39-38-43(46(50)51)47(3,4)5)41-53-44(48)36-34-32-30-13-11-9-7-2/h20-21,23-24,30,32,42-43H,6-19,22,25-29,31,33-41H2,1-5H3/b21-20+,24-23+,32-30+. The topological polar surface area (TPSA) is 102 Å². The Kier molecular flexibility index (Phi) is 35.8. The molecule has 0 aromatic heterocycles. The van der Waals surface area contributed by atoms with E-state index in [4.69, 9.17) is 14.2 Å². The zero-order valence-corrected chi connectivity index (χ0v) is 35.6. The molecule has 0 aliphatic carbocycles. The molecule has 0 rings (SSSR count). The Morgan fingerprint density at radius 1 is 0.556 bits per heavy atom. The van der Waals surface area contributed by atoms with Crippen LogP contribution in [0.25, 0.3) is 0 Å². The van der Waals surface area contributed by atoms with Gasteiger partial charge in [0, 0.05) is 19.3 Å². The van der Waals surface area contributed by atoms with Crippen LogP contribution >= 0.6 is 0 Å². The summed E-state index contributed by atoms with van der Waals surface area (Å²) in [6, 6.07) is -0.729. The molecule has 54 heavy (non-hydrogen) atoms. The van der Waals surface area contributed by atoms with Crippen LogP contribution in [0.15, 0.2) is 36.5 Å². The van der Waals surface area contributed by atoms with E-state index >= 15 is 0 Å². The van der Waals surface area contributed by atoms with E-state index in [0.29, 0.717) is 12.8 Å². The largest absolute Gasteiger partial charge is 0.544 e. The van der Waals surface area contributed by atoms with Gasteiger partial charge in [0.05, 0.1) is 40.3 Å². The van der Waals surface area contributed by atoms with Gasteiger partial charge in [0.1, 0.15) is 12.6 Å². The smallest absolute Gasteiger partial charge is 0.306 e. The van der Waals surface area contributed by atoms with Gasteiger partial charge in [0.25, 0.3) is 0 Å². The Hall–Kier alpha value is -2.45. The molecule has 8 nitrogen and oxygen atoms in total. The van der Waals surface area contributed by atoms with E-state index in [1.807, 2.05) is 6.08 Å². The molecule has 314 valence electrons. The van der Waals surface area contributed by atoms with Gasteiger partial charge in [-0.3, -0.25) is 9.59 Å². The third kappa shape index (κ3) is 35.3. The number of aliphatic carboxylic acids is 1. The Morgan fingerprint density at radius 3 is 1.56 bits per heavy atom. The van der Waals surface area contributed by atoms with Gasteiger partial charge >= 0.3 is 11.9 Å². The van der Waals surface area contributed by atoms with Crippen molar-refractivity contribution in [2.24, 2.45) is 0 Å². The Labute approximate surface area is 332 Å². The van der Waals surface area contributed by atoms with Crippen LogP contribution in [0.1, 0.15) is 187 Å². The number of hydrogen-bond acceptors (Lipinski definition) is 7. The molecule has 0 saturated heterocycles. The SMILES string of the molecule is CCCCC/C=C/CCC(=O)OCC(COCCC(C(=O)[O-])[N+](C)(C)C)OC(=O)CCCCCCCCC/C=C/C/C=C/CCCCCCCCCCC. The molecule has 0 bridgehead atoms. The van der Waals surface area contributed by atoms with Crippen molar-refractivity contribution in [3.05, 3.63) is 36.5 Å². The second kappa shape index (κ2) is 37.5. The number of hydrogen-bond donors (Lipinski definition) is 0. The lowest BCUT2D eigenvalue weighted by molar-refractivity contribution is -0.889. The summed E-state index contributed by atoms with van der Waals surface area (Å²) in [5, 5.41) is 11.6. The molecule has 0 saturated carbocycles. The first-order chi connectivity index (χ1) is 26.1. The maximum Gasteiger partial charge on any atom is 0.306 e. The summed E-state index contributed by atoms with van der Waals surface area (Å²) in [6.07, 6.45) is 42.1. The molecule has 2 atom stereocenters. The van der Waals surface area contributed by atoms with Gasteiger partial charge in [-0.05, 0) is 57.8 Å². The fourth-order valence-corrected chi connectivity index (χ4v) is 6.29. The fraction of sp³-hybridized carbons (Fsp3) is 0.804. The Bertz CT molecular complexity index is 984. The summed E-state index contributed by atoms with van der Waals surface area (Å²) in [5.74, 6) is -1.81. The van der Waals surface area contributed by atoms with E-state index in [-0.39, 0.29) is 49.1 Å². The minimum Gasteiger partial charge on any atom is -0.544 e. The van der Waals surface area contributed by atoms with E-state index in [1.165, 1.54) is 103 Å². The predicted octanol–water partition coefficient (Wildman–Crippen LogP) is 10.5. The minimum atomic E-state index is -1.13. The minimum absolute atomic E-state index is 0.0263. The van der Waals surface area contributed by atoms with E-state index in [9.17, 15) is 19.5 Å². The van der Waals surface area contributed by atoms with Crippen molar-refractivity contribution < 1.29 is 38.2 Å². The number of likely N-dealkylation sites (N-methyl/N-ethyl adjacent to an activating group) is 1. The number of carboxylic acids is 1. The zero-order chi connectivity index (χ0) is 40.0. The second-order valence-corrected chi connectivity index (χ2v) is 15.9.